The zero-order chi connectivity index (χ0) is 16.1. The minimum absolute atomic E-state index is 0.221. The number of ether oxygens (including phenoxy) is 3. The summed E-state index contributed by atoms with van der Waals surface area (Å²) in [5, 5.41) is 3.21. The summed E-state index contributed by atoms with van der Waals surface area (Å²) in [6.07, 6.45) is 3.67. The maximum atomic E-state index is 5.54. The van der Waals surface area contributed by atoms with E-state index in [4.69, 9.17) is 14.2 Å². The van der Waals surface area contributed by atoms with Crippen molar-refractivity contribution in [3.63, 3.8) is 0 Å². The van der Waals surface area contributed by atoms with Gasteiger partial charge in [-0.05, 0) is 37.7 Å². The monoisotopic (exact) mass is 302 g/mol. The third kappa shape index (κ3) is 2.99. The Balaban J connectivity index is 2.57. The van der Waals surface area contributed by atoms with E-state index in [9.17, 15) is 0 Å². The van der Waals surface area contributed by atoms with E-state index in [1.54, 1.807) is 21.3 Å². The van der Waals surface area contributed by atoms with Crippen LogP contribution in [0.15, 0.2) is 30.6 Å². The van der Waals surface area contributed by atoms with Crippen molar-refractivity contribution < 1.29 is 14.2 Å². The largest absolute Gasteiger partial charge is 0.493 e. The van der Waals surface area contributed by atoms with Crippen molar-refractivity contribution in [1.82, 2.24) is 10.3 Å². The molecule has 1 unspecified atom stereocenters. The molecule has 0 amide bonds. The average Bonchev–Trinajstić information content (AvgIpc) is 2.59. The molecule has 5 heteroatoms. The SMILES string of the molecule is CNC(C)c1cncc(-c2ccc(OC)c(OC)c2OC)c1. The highest BCUT2D eigenvalue weighted by molar-refractivity contribution is 5.76. The van der Waals surface area contributed by atoms with Crippen molar-refractivity contribution in [3.05, 3.63) is 36.2 Å². The molecular weight excluding hydrogens is 280 g/mol. The molecule has 118 valence electrons. The maximum absolute atomic E-state index is 5.54. The molecule has 0 spiro atoms. The molecule has 2 rings (SSSR count). The summed E-state index contributed by atoms with van der Waals surface area (Å²) in [6.45, 7) is 2.09. The zero-order valence-corrected chi connectivity index (χ0v) is 13.6. The van der Waals surface area contributed by atoms with Gasteiger partial charge in [-0.15, -0.1) is 0 Å². The fraction of sp³-hybridized carbons (Fsp3) is 0.353. The molecule has 0 saturated carbocycles. The molecule has 1 heterocycles. The fourth-order valence-electron chi connectivity index (χ4n) is 2.34. The van der Waals surface area contributed by atoms with Crippen LogP contribution in [-0.4, -0.2) is 33.4 Å². The van der Waals surface area contributed by atoms with Crippen LogP contribution in [-0.2, 0) is 0 Å². The lowest BCUT2D eigenvalue weighted by atomic mass is 10.0. The molecule has 0 fully saturated rings. The van der Waals surface area contributed by atoms with Gasteiger partial charge in [0.25, 0.3) is 0 Å². The van der Waals surface area contributed by atoms with Crippen molar-refractivity contribution in [3.8, 4) is 28.4 Å². The van der Waals surface area contributed by atoms with Crippen molar-refractivity contribution in [1.29, 1.82) is 0 Å². The predicted molar refractivity (Wildman–Crippen MR) is 86.8 cm³/mol. The lowest BCUT2D eigenvalue weighted by Gasteiger charge is -2.17. The van der Waals surface area contributed by atoms with Crippen LogP contribution in [0.5, 0.6) is 17.2 Å². The van der Waals surface area contributed by atoms with Crippen LogP contribution in [0, 0.1) is 0 Å². The average molecular weight is 302 g/mol. The summed E-state index contributed by atoms with van der Waals surface area (Å²) in [4.78, 5) is 4.34. The highest BCUT2D eigenvalue weighted by Gasteiger charge is 2.17. The Bertz CT molecular complexity index is 644. The minimum Gasteiger partial charge on any atom is -0.493 e. The number of nitrogens with zero attached hydrogens (tertiary/aromatic N) is 1. The predicted octanol–water partition coefficient (Wildman–Crippen LogP) is 3.05. The normalized spacial score (nSPS) is 11.9. The van der Waals surface area contributed by atoms with Gasteiger partial charge < -0.3 is 19.5 Å². The number of aromatic nitrogens is 1. The van der Waals surface area contributed by atoms with E-state index < -0.39 is 0 Å². The van der Waals surface area contributed by atoms with Crippen LogP contribution in [0.2, 0.25) is 0 Å². The second kappa shape index (κ2) is 7.13. The van der Waals surface area contributed by atoms with Crippen molar-refractivity contribution in [2.75, 3.05) is 28.4 Å². The standard InChI is InChI=1S/C17H22N2O3/c1-11(18-2)12-8-13(10-19-9-12)14-6-7-15(20-3)17(22-5)16(14)21-4/h6-11,18H,1-5H3. The van der Waals surface area contributed by atoms with E-state index >= 15 is 0 Å². The molecular formula is C17H22N2O3. The number of rotatable bonds is 6. The number of hydrogen-bond acceptors (Lipinski definition) is 5. The van der Waals surface area contributed by atoms with Crippen LogP contribution >= 0.6 is 0 Å². The first-order valence-corrected chi connectivity index (χ1v) is 7.07. The van der Waals surface area contributed by atoms with Crippen molar-refractivity contribution in [2.24, 2.45) is 0 Å². The van der Waals surface area contributed by atoms with Crippen LogP contribution < -0.4 is 19.5 Å². The lowest BCUT2D eigenvalue weighted by molar-refractivity contribution is 0.325. The van der Waals surface area contributed by atoms with Gasteiger partial charge in [0.15, 0.2) is 11.5 Å². The molecule has 1 atom stereocenters. The number of benzene rings is 1. The summed E-state index contributed by atoms with van der Waals surface area (Å²) in [5.41, 5.74) is 2.99. The summed E-state index contributed by atoms with van der Waals surface area (Å²) >= 11 is 0. The van der Waals surface area contributed by atoms with Gasteiger partial charge in [0.05, 0.1) is 21.3 Å². The number of methoxy groups -OCH3 is 3. The smallest absolute Gasteiger partial charge is 0.203 e. The van der Waals surface area contributed by atoms with Gasteiger partial charge in [-0.3, -0.25) is 4.98 Å². The Labute approximate surface area is 131 Å². The molecule has 0 aliphatic carbocycles. The van der Waals surface area contributed by atoms with Crippen molar-refractivity contribution >= 4 is 0 Å². The molecule has 0 radical (unpaired) electrons. The Morgan fingerprint density at radius 3 is 2.32 bits per heavy atom. The second-order valence-electron chi connectivity index (χ2n) is 4.90. The molecule has 2 aromatic rings. The first kappa shape index (κ1) is 16.1. The van der Waals surface area contributed by atoms with Crippen molar-refractivity contribution in [2.45, 2.75) is 13.0 Å². The van der Waals surface area contributed by atoms with Gasteiger partial charge in [-0.25, -0.2) is 0 Å². The Hall–Kier alpha value is -2.27. The minimum atomic E-state index is 0.221. The first-order chi connectivity index (χ1) is 10.7. The third-order valence-electron chi connectivity index (χ3n) is 3.71. The van der Waals surface area contributed by atoms with E-state index in [1.807, 2.05) is 31.6 Å². The number of nitrogens with one attached hydrogen (secondary N) is 1. The summed E-state index contributed by atoms with van der Waals surface area (Å²) < 4.78 is 16.3. The van der Waals surface area contributed by atoms with Gasteiger partial charge in [0.2, 0.25) is 5.75 Å². The molecule has 1 aromatic heterocycles. The Kier molecular flexibility index (Phi) is 5.22. The van der Waals surface area contributed by atoms with Crippen LogP contribution in [0.4, 0.5) is 0 Å². The molecule has 1 N–H and O–H groups in total. The van der Waals surface area contributed by atoms with E-state index in [-0.39, 0.29) is 6.04 Å². The second-order valence-corrected chi connectivity index (χ2v) is 4.90. The van der Waals surface area contributed by atoms with Gasteiger partial charge in [0.1, 0.15) is 0 Å². The molecule has 5 nitrogen and oxygen atoms in total. The topological polar surface area (TPSA) is 52.6 Å². The van der Waals surface area contributed by atoms with E-state index in [2.05, 4.69) is 23.3 Å². The van der Waals surface area contributed by atoms with Gasteiger partial charge >= 0.3 is 0 Å². The molecule has 0 bridgehead atoms. The molecule has 1 aromatic carbocycles. The molecule has 0 aliphatic heterocycles. The van der Waals surface area contributed by atoms with Gasteiger partial charge in [0, 0.05) is 29.6 Å². The van der Waals surface area contributed by atoms with Gasteiger partial charge in [-0.1, -0.05) is 0 Å². The van der Waals surface area contributed by atoms with E-state index in [0.29, 0.717) is 17.2 Å². The first-order valence-electron chi connectivity index (χ1n) is 7.07. The summed E-state index contributed by atoms with van der Waals surface area (Å²) in [5.74, 6) is 1.85. The van der Waals surface area contributed by atoms with Crippen LogP contribution in [0.25, 0.3) is 11.1 Å². The number of pyridine rings is 1. The molecule has 22 heavy (non-hydrogen) atoms. The quantitative estimate of drug-likeness (QED) is 0.889. The lowest BCUT2D eigenvalue weighted by Crippen LogP contribution is -2.12. The number of hydrogen-bond donors (Lipinski definition) is 1. The van der Waals surface area contributed by atoms with E-state index in [1.165, 1.54) is 0 Å². The molecule has 0 saturated heterocycles. The fourth-order valence-corrected chi connectivity index (χ4v) is 2.34. The zero-order valence-electron chi connectivity index (χ0n) is 13.6. The van der Waals surface area contributed by atoms with E-state index in [0.717, 1.165) is 16.7 Å². The third-order valence-corrected chi connectivity index (χ3v) is 3.71. The highest BCUT2D eigenvalue weighted by Crippen LogP contribution is 2.44. The summed E-state index contributed by atoms with van der Waals surface area (Å²) in [7, 11) is 6.75. The summed E-state index contributed by atoms with van der Waals surface area (Å²) in [6, 6.07) is 6.13. The Morgan fingerprint density at radius 2 is 1.73 bits per heavy atom. The van der Waals surface area contributed by atoms with Crippen LogP contribution in [0.1, 0.15) is 18.5 Å². The van der Waals surface area contributed by atoms with Gasteiger partial charge in [-0.2, -0.15) is 0 Å². The molecule has 0 aliphatic rings. The highest BCUT2D eigenvalue weighted by atomic mass is 16.5. The maximum Gasteiger partial charge on any atom is 0.203 e. The Morgan fingerprint density at radius 1 is 1.00 bits per heavy atom. The van der Waals surface area contributed by atoms with Crippen LogP contribution in [0.3, 0.4) is 0 Å².